The van der Waals surface area contributed by atoms with Crippen molar-refractivity contribution < 1.29 is 38.3 Å². The molecule has 2 rings (SSSR count). The Labute approximate surface area is 361 Å². The predicted molar refractivity (Wildman–Crippen MR) is 232 cm³/mol. The van der Waals surface area contributed by atoms with Gasteiger partial charge < -0.3 is 41.5 Å². The van der Waals surface area contributed by atoms with Crippen LogP contribution in [0.3, 0.4) is 0 Å². The van der Waals surface area contributed by atoms with Crippen LogP contribution in [0, 0.1) is 17.8 Å². The molecule has 0 radical (unpaired) electrons. The molecule has 9 atom stereocenters. The largest absolute Gasteiger partial charge is 0.449 e. The van der Waals surface area contributed by atoms with Gasteiger partial charge in [0.05, 0.1) is 12.6 Å². The maximum Gasteiger partial charge on any atom is 0.334 e. The van der Waals surface area contributed by atoms with Crippen LogP contribution in [0.15, 0.2) is 47.6 Å². The highest BCUT2D eigenvalue weighted by Gasteiger charge is 2.36. The van der Waals surface area contributed by atoms with Gasteiger partial charge in [0.2, 0.25) is 29.5 Å². The number of amides is 6. The lowest BCUT2D eigenvalue weighted by Gasteiger charge is -2.33. The summed E-state index contributed by atoms with van der Waals surface area (Å²) in [6, 6.07) is 1.35. The topological polar surface area (TPSA) is 209 Å². The monoisotopic (exact) mass is 857 g/mol. The van der Waals surface area contributed by atoms with Gasteiger partial charge in [-0.15, -0.1) is 0 Å². The molecule has 1 aromatic carbocycles. The summed E-state index contributed by atoms with van der Waals surface area (Å²) in [5.41, 5.74) is 8.37. The molecule has 60 heavy (non-hydrogen) atoms. The number of nitrogens with zero attached hydrogens (tertiary/aromatic N) is 2. The quantitative estimate of drug-likeness (QED) is 0.201. The van der Waals surface area contributed by atoms with E-state index in [-0.39, 0.29) is 42.6 Å². The normalized spacial score (nSPS) is 28.6. The van der Waals surface area contributed by atoms with E-state index in [1.807, 2.05) is 47.6 Å². The van der Waals surface area contributed by atoms with E-state index in [4.69, 9.17) is 22.1 Å². The molecule has 1 heterocycles. The van der Waals surface area contributed by atoms with E-state index in [2.05, 4.69) is 21.3 Å². The molecule has 0 saturated carbocycles. The summed E-state index contributed by atoms with van der Waals surface area (Å²) < 4.78 is 5.72. The minimum atomic E-state index is -1.23. The average molecular weight is 859 g/mol. The maximum atomic E-state index is 14.2. The lowest BCUT2D eigenvalue weighted by atomic mass is 9.87. The molecule has 2 unspecified atom stereocenters. The van der Waals surface area contributed by atoms with Crippen molar-refractivity contribution in [2.75, 3.05) is 20.6 Å². The highest BCUT2D eigenvalue weighted by atomic mass is 35.5. The second-order valence-electron chi connectivity index (χ2n) is 16.6. The molecular formula is C44H68ClN7O8. The van der Waals surface area contributed by atoms with Gasteiger partial charge >= 0.3 is 5.97 Å². The molecule has 0 aliphatic carbocycles. The van der Waals surface area contributed by atoms with Crippen molar-refractivity contribution in [3.63, 3.8) is 0 Å². The Balaban J connectivity index is 2.63. The minimum absolute atomic E-state index is 0.0405. The number of rotatable bonds is 7. The van der Waals surface area contributed by atoms with Gasteiger partial charge in [-0.25, -0.2) is 4.79 Å². The molecule has 1 aliphatic heterocycles. The van der Waals surface area contributed by atoms with Crippen molar-refractivity contribution in [1.82, 2.24) is 31.1 Å². The van der Waals surface area contributed by atoms with Gasteiger partial charge in [-0.2, -0.15) is 0 Å². The fourth-order valence-electron chi connectivity index (χ4n) is 6.73. The first-order valence-electron chi connectivity index (χ1n) is 20.7. The van der Waals surface area contributed by atoms with Crippen molar-refractivity contribution in [1.29, 1.82) is 0 Å². The number of allylic oxidation sites excluding steroid dienone is 1. The van der Waals surface area contributed by atoms with Crippen LogP contribution in [0.4, 0.5) is 0 Å². The summed E-state index contributed by atoms with van der Waals surface area (Å²) in [5, 5.41) is 11.7. The van der Waals surface area contributed by atoms with Crippen molar-refractivity contribution in [3.05, 3.63) is 58.1 Å². The van der Waals surface area contributed by atoms with Crippen LogP contribution in [0.5, 0.6) is 0 Å². The van der Waals surface area contributed by atoms with Crippen LogP contribution in [0.1, 0.15) is 94.1 Å². The molecule has 0 bridgehead atoms. The van der Waals surface area contributed by atoms with Crippen LogP contribution in [-0.4, -0.2) is 114 Å². The van der Waals surface area contributed by atoms with Crippen molar-refractivity contribution in [2.45, 2.75) is 137 Å². The third-order valence-electron chi connectivity index (χ3n) is 11.2. The number of carbonyl (C=O) groups excluding carboxylic acids is 7. The summed E-state index contributed by atoms with van der Waals surface area (Å²) in [4.78, 5) is 98.5. The number of hydrogen-bond acceptors (Lipinski definition) is 9. The van der Waals surface area contributed by atoms with E-state index in [0.29, 0.717) is 17.0 Å². The second kappa shape index (κ2) is 23.9. The Bertz CT molecular complexity index is 1750. The van der Waals surface area contributed by atoms with Gasteiger partial charge in [0.15, 0.2) is 6.10 Å². The zero-order valence-corrected chi connectivity index (χ0v) is 38.1. The number of esters is 1. The van der Waals surface area contributed by atoms with E-state index >= 15 is 0 Å². The van der Waals surface area contributed by atoms with E-state index in [9.17, 15) is 33.6 Å². The highest BCUT2D eigenvalue weighted by molar-refractivity contribution is 6.30. The zero-order valence-electron chi connectivity index (χ0n) is 37.4. The standard InChI is InChI=1S/C44H68ClN7O8/c1-13-25(5)37-28(8)33(46)20-15-27(7)44(59)60-35(21-24(3)4)40(55)48-30(10)42(57)52(12)34(22-31-16-18-32(45)19-17-31)43(58)51(11)23-36(53)49-38(26(6)14-2)41(56)47-29(9)39(54)50-37/h13,15-19,24,26,28-30,33-35,37-38H,14,20-23,46H2,1-12H3,(H,47,56)(H,48,55)(H,49,53)(H,50,54)/b25-13+,27-15+/t26?,28-,29+,30-,33-,34+,35+,37+,38?/m0/s1. The lowest BCUT2D eigenvalue weighted by Crippen LogP contribution is -2.58. The fraction of sp³-hybridized carbons (Fsp3) is 0.614. The maximum absolute atomic E-state index is 14.2. The fourth-order valence-corrected chi connectivity index (χ4v) is 6.86. The van der Waals surface area contributed by atoms with E-state index in [0.717, 1.165) is 10.5 Å². The Morgan fingerprint density at radius 3 is 2.07 bits per heavy atom. The lowest BCUT2D eigenvalue weighted by molar-refractivity contribution is -0.154. The molecule has 6 N–H and O–H groups in total. The number of benzene rings is 1. The average Bonchev–Trinajstić information content (AvgIpc) is 3.20. The van der Waals surface area contributed by atoms with Crippen molar-refractivity contribution >= 4 is 53.0 Å². The summed E-state index contributed by atoms with van der Waals surface area (Å²) >= 11 is 6.12. The molecule has 0 spiro atoms. The van der Waals surface area contributed by atoms with Crippen molar-refractivity contribution in [2.24, 2.45) is 23.5 Å². The first-order valence-corrected chi connectivity index (χ1v) is 21.1. The van der Waals surface area contributed by atoms with E-state index < -0.39 is 90.3 Å². The molecule has 6 amide bonds. The molecule has 16 heteroatoms. The van der Waals surface area contributed by atoms with Gasteiger partial charge in [0.25, 0.3) is 5.91 Å². The van der Waals surface area contributed by atoms with Gasteiger partial charge in [-0.05, 0) is 82.9 Å². The first-order chi connectivity index (χ1) is 28.0. The second-order valence-corrected chi connectivity index (χ2v) is 17.0. The summed E-state index contributed by atoms with van der Waals surface area (Å²) in [7, 11) is 2.84. The molecule has 0 saturated heterocycles. The SMILES string of the molecule is C/C=C(\C)[C@H]1NC(=O)[C@@H](C)NC(=O)C(C(C)CC)NC(=O)CN(C)C(=O)[C@@H](Cc2ccc(Cl)cc2)N(C)C(=O)[C@H](C)NC(=O)[C@@H](CC(C)C)OC(=O)/C(C)=C/C[C@H](N)[C@@H]1C. The van der Waals surface area contributed by atoms with E-state index in [1.165, 1.54) is 25.9 Å². The number of cyclic esters (lactones) is 1. The minimum Gasteiger partial charge on any atom is -0.449 e. The number of nitrogens with one attached hydrogen (secondary N) is 4. The molecule has 334 valence electrons. The van der Waals surface area contributed by atoms with Crippen LogP contribution in [0.2, 0.25) is 5.02 Å². The zero-order chi connectivity index (χ0) is 45.6. The Kier molecular flexibility index (Phi) is 20.4. The smallest absolute Gasteiger partial charge is 0.334 e. The number of halogens is 1. The first kappa shape index (κ1) is 51.4. The molecule has 1 aliphatic rings. The van der Waals surface area contributed by atoms with E-state index in [1.54, 1.807) is 51.1 Å². The predicted octanol–water partition coefficient (Wildman–Crippen LogP) is 3.43. The molecule has 1 aromatic rings. The summed E-state index contributed by atoms with van der Waals surface area (Å²) in [6.45, 7) is 17.1. The van der Waals surface area contributed by atoms with Crippen LogP contribution in [0.25, 0.3) is 0 Å². The van der Waals surface area contributed by atoms with Gasteiger partial charge in [-0.1, -0.05) is 82.5 Å². The van der Waals surface area contributed by atoms with Gasteiger partial charge in [-0.3, -0.25) is 28.8 Å². The Morgan fingerprint density at radius 2 is 1.50 bits per heavy atom. The number of ether oxygens (including phenoxy) is 1. The van der Waals surface area contributed by atoms with Crippen LogP contribution >= 0.6 is 11.6 Å². The number of nitrogens with two attached hydrogens (primary N) is 1. The summed E-state index contributed by atoms with van der Waals surface area (Å²) in [6.07, 6.45) is 3.21. The number of carbonyl (C=O) groups is 7. The van der Waals surface area contributed by atoms with Crippen molar-refractivity contribution in [3.8, 4) is 0 Å². The van der Waals surface area contributed by atoms with Crippen LogP contribution < -0.4 is 27.0 Å². The highest BCUT2D eigenvalue weighted by Crippen LogP contribution is 2.20. The molecule has 0 fully saturated rings. The van der Waals surface area contributed by atoms with Gasteiger partial charge in [0.1, 0.15) is 24.2 Å². The van der Waals surface area contributed by atoms with Crippen LogP contribution in [-0.2, 0) is 44.7 Å². The molecular weight excluding hydrogens is 790 g/mol. The third kappa shape index (κ3) is 15.1. The molecule has 0 aromatic heterocycles. The summed E-state index contributed by atoms with van der Waals surface area (Å²) in [5.74, 6) is -5.04. The number of hydrogen-bond donors (Lipinski definition) is 5. The molecule has 15 nitrogen and oxygen atoms in total. The third-order valence-corrected chi connectivity index (χ3v) is 11.4. The van der Waals surface area contributed by atoms with Gasteiger partial charge in [0, 0.05) is 37.2 Å². The Morgan fingerprint density at radius 1 is 0.900 bits per heavy atom. The Hall–Kier alpha value is -4.76. The number of likely N-dealkylation sites (N-methyl/N-ethyl adjacent to an activating group) is 2.